The number of nitrogens with two attached hydrogens (primary N) is 1. The number of para-hydroxylation sites is 1. The molecule has 0 unspecified atom stereocenters. The van der Waals surface area contributed by atoms with Crippen molar-refractivity contribution < 1.29 is 13.2 Å². The van der Waals surface area contributed by atoms with E-state index in [2.05, 4.69) is 4.98 Å². The maximum absolute atomic E-state index is 14.0. The lowest BCUT2D eigenvalue weighted by atomic mass is 10.2. The number of aromatic nitrogens is 2. The van der Waals surface area contributed by atoms with Crippen LogP contribution in [0.15, 0.2) is 41.2 Å². The van der Waals surface area contributed by atoms with E-state index in [4.69, 9.17) is 5.73 Å². The van der Waals surface area contributed by atoms with Crippen LogP contribution in [-0.2, 0) is 6.42 Å². The molecule has 3 aromatic rings. The molecule has 0 amide bonds. The molecule has 0 radical (unpaired) electrons. The van der Waals surface area contributed by atoms with Crippen LogP contribution >= 0.6 is 0 Å². The predicted octanol–water partition coefficient (Wildman–Crippen LogP) is 2.69. The van der Waals surface area contributed by atoms with Gasteiger partial charge in [-0.3, -0.25) is 9.36 Å². The average Bonchev–Trinajstić information content (AvgIpc) is 2.53. The van der Waals surface area contributed by atoms with E-state index in [1.54, 1.807) is 0 Å². The minimum absolute atomic E-state index is 0.00295. The van der Waals surface area contributed by atoms with Crippen LogP contribution in [0, 0.1) is 17.5 Å². The Bertz CT molecular complexity index is 949. The summed E-state index contributed by atoms with van der Waals surface area (Å²) in [5.74, 6) is -2.06. The minimum atomic E-state index is -0.819. The van der Waals surface area contributed by atoms with Crippen LogP contribution < -0.4 is 11.3 Å². The van der Waals surface area contributed by atoms with E-state index in [0.29, 0.717) is 19.0 Å². The molecule has 0 spiro atoms. The van der Waals surface area contributed by atoms with E-state index in [9.17, 15) is 18.0 Å². The van der Waals surface area contributed by atoms with E-state index in [1.165, 1.54) is 18.2 Å². The smallest absolute Gasteiger partial charge is 0.266 e. The predicted molar refractivity (Wildman–Crippen MR) is 84.6 cm³/mol. The van der Waals surface area contributed by atoms with Crippen molar-refractivity contribution >= 4 is 10.9 Å². The van der Waals surface area contributed by atoms with Gasteiger partial charge in [0.1, 0.15) is 28.8 Å². The van der Waals surface area contributed by atoms with Crippen molar-refractivity contribution in [1.82, 2.24) is 9.55 Å². The summed E-state index contributed by atoms with van der Waals surface area (Å²) in [4.78, 5) is 17.0. The maximum atomic E-state index is 14.0. The van der Waals surface area contributed by atoms with Gasteiger partial charge in [-0.15, -0.1) is 0 Å². The summed E-state index contributed by atoms with van der Waals surface area (Å²) in [6.45, 7) is 0.336. The van der Waals surface area contributed by atoms with Gasteiger partial charge in [0.2, 0.25) is 0 Å². The Morgan fingerprint density at radius 1 is 1.08 bits per heavy atom. The van der Waals surface area contributed by atoms with Gasteiger partial charge in [-0.1, -0.05) is 6.07 Å². The van der Waals surface area contributed by atoms with Crippen molar-refractivity contribution in [3.8, 4) is 5.69 Å². The van der Waals surface area contributed by atoms with E-state index < -0.39 is 23.0 Å². The fraction of sp³-hybridized carbons (Fsp3) is 0.176. The highest BCUT2D eigenvalue weighted by Gasteiger charge is 2.16. The molecule has 0 saturated heterocycles. The molecule has 4 nitrogen and oxygen atoms in total. The van der Waals surface area contributed by atoms with Gasteiger partial charge in [-0.05, 0) is 37.2 Å². The normalized spacial score (nSPS) is 11.2. The standard InChI is InChI=1S/C17H14F3N3O/c18-10-7-11(19)9-12(8-10)23-15(5-2-6-21)22-16-13(17(23)24)3-1-4-14(16)20/h1,3-4,7-9H,2,5-6,21H2. The Morgan fingerprint density at radius 3 is 2.46 bits per heavy atom. The van der Waals surface area contributed by atoms with Gasteiger partial charge in [0.15, 0.2) is 0 Å². The quantitative estimate of drug-likeness (QED) is 0.798. The lowest BCUT2D eigenvalue weighted by Crippen LogP contribution is -2.25. The van der Waals surface area contributed by atoms with Crippen molar-refractivity contribution in [3.63, 3.8) is 0 Å². The molecule has 7 heteroatoms. The molecule has 124 valence electrons. The number of benzene rings is 2. The van der Waals surface area contributed by atoms with Crippen molar-refractivity contribution in [3.05, 3.63) is 70.0 Å². The van der Waals surface area contributed by atoms with Crippen LogP contribution in [0.1, 0.15) is 12.2 Å². The van der Waals surface area contributed by atoms with E-state index in [-0.39, 0.29) is 28.8 Å². The maximum Gasteiger partial charge on any atom is 0.266 e. The highest BCUT2D eigenvalue weighted by Crippen LogP contribution is 2.18. The summed E-state index contributed by atoms with van der Waals surface area (Å²) in [5.41, 5.74) is 4.83. The number of halogens is 3. The molecule has 0 atom stereocenters. The third-order valence-electron chi connectivity index (χ3n) is 3.63. The molecule has 2 N–H and O–H groups in total. The van der Waals surface area contributed by atoms with Gasteiger partial charge in [0.25, 0.3) is 5.56 Å². The van der Waals surface area contributed by atoms with E-state index >= 15 is 0 Å². The molecule has 0 bridgehead atoms. The molecule has 1 heterocycles. The molecule has 0 saturated carbocycles. The second-order valence-corrected chi connectivity index (χ2v) is 5.32. The molecule has 24 heavy (non-hydrogen) atoms. The zero-order valence-corrected chi connectivity index (χ0v) is 12.6. The van der Waals surface area contributed by atoms with Crippen LogP contribution in [0.5, 0.6) is 0 Å². The number of hydrogen-bond acceptors (Lipinski definition) is 3. The zero-order chi connectivity index (χ0) is 17.3. The fourth-order valence-electron chi connectivity index (χ4n) is 2.58. The van der Waals surface area contributed by atoms with Crippen molar-refractivity contribution in [1.29, 1.82) is 0 Å². The summed E-state index contributed by atoms with van der Waals surface area (Å²) in [7, 11) is 0. The molecule has 0 fully saturated rings. The monoisotopic (exact) mass is 333 g/mol. The number of aryl methyl sites for hydroxylation is 1. The van der Waals surface area contributed by atoms with Gasteiger partial charge >= 0.3 is 0 Å². The number of nitrogens with zero attached hydrogens (tertiary/aromatic N) is 2. The molecular formula is C17H14F3N3O. The molecule has 0 aliphatic carbocycles. The SMILES string of the molecule is NCCCc1nc2c(F)cccc2c(=O)n1-c1cc(F)cc(F)c1. The van der Waals surface area contributed by atoms with Gasteiger partial charge in [0, 0.05) is 12.5 Å². The number of rotatable bonds is 4. The van der Waals surface area contributed by atoms with Crippen LogP contribution in [0.25, 0.3) is 16.6 Å². The second kappa shape index (κ2) is 6.45. The summed E-state index contributed by atoms with van der Waals surface area (Å²) >= 11 is 0. The van der Waals surface area contributed by atoms with Gasteiger partial charge in [0.05, 0.1) is 11.1 Å². The van der Waals surface area contributed by atoms with E-state index in [1.807, 2.05) is 0 Å². The van der Waals surface area contributed by atoms with Gasteiger partial charge in [-0.2, -0.15) is 0 Å². The Labute approximate surface area is 135 Å². The average molecular weight is 333 g/mol. The zero-order valence-electron chi connectivity index (χ0n) is 12.6. The van der Waals surface area contributed by atoms with Crippen LogP contribution in [0.4, 0.5) is 13.2 Å². The Morgan fingerprint density at radius 2 is 1.79 bits per heavy atom. The fourth-order valence-corrected chi connectivity index (χ4v) is 2.58. The van der Waals surface area contributed by atoms with Gasteiger partial charge in [-0.25, -0.2) is 18.2 Å². The summed E-state index contributed by atoms with van der Waals surface area (Å²) in [6.07, 6.45) is 0.762. The largest absolute Gasteiger partial charge is 0.330 e. The molecule has 2 aromatic carbocycles. The molecule has 0 aliphatic rings. The third kappa shape index (κ3) is 2.90. The van der Waals surface area contributed by atoms with Crippen molar-refractivity contribution in [2.24, 2.45) is 5.73 Å². The Hall–Kier alpha value is -2.67. The Balaban J connectivity index is 2.35. The first-order valence-corrected chi connectivity index (χ1v) is 7.38. The second-order valence-electron chi connectivity index (χ2n) is 5.32. The summed E-state index contributed by atoms with van der Waals surface area (Å²) < 4.78 is 42.2. The first-order valence-electron chi connectivity index (χ1n) is 7.38. The molecular weight excluding hydrogens is 319 g/mol. The number of fused-ring (bicyclic) bond motifs is 1. The van der Waals surface area contributed by atoms with Gasteiger partial charge < -0.3 is 5.73 Å². The summed E-state index contributed by atoms with van der Waals surface area (Å²) in [6, 6.07) is 6.78. The third-order valence-corrected chi connectivity index (χ3v) is 3.63. The topological polar surface area (TPSA) is 60.9 Å². The van der Waals surface area contributed by atoms with Crippen LogP contribution in [-0.4, -0.2) is 16.1 Å². The summed E-state index contributed by atoms with van der Waals surface area (Å²) in [5, 5.41) is 0.0381. The van der Waals surface area contributed by atoms with E-state index in [0.717, 1.165) is 16.7 Å². The van der Waals surface area contributed by atoms with Crippen LogP contribution in [0.2, 0.25) is 0 Å². The Kier molecular flexibility index (Phi) is 4.35. The molecule has 3 rings (SSSR count). The van der Waals surface area contributed by atoms with Crippen molar-refractivity contribution in [2.75, 3.05) is 6.54 Å². The highest BCUT2D eigenvalue weighted by atomic mass is 19.1. The minimum Gasteiger partial charge on any atom is -0.330 e. The first kappa shape index (κ1) is 16.2. The van der Waals surface area contributed by atoms with Crippen LogP contribution in [0.3, 0.4) is 0 Å². The molecule has 1 aromatic heterocycles. The lowest BCUT2D eigenvalue weighted by molar-refractivity contribution is 0.580. The highest BCUT2D eigenvalue weighted by molar-refractivity contribution is 5.78. The first-order chi connectivity index (χ1) is 11.5. The molecule has 0 aliphatic heterocycles. The number of hydrogen-bond donors (Lipinski definition) is 1. The van der Waals surface area contributed by atoms with Crippen molar-refractivity contribution in [2.45, 2.75) is 12.8 Å². The lowest BCUT2D eigenvalue weighted by Gasteiger charge is -2.14.